The fraction of sp³-hybridized carbons (Fsp3) is 0.714. The Morgan fingerprint density at radius 3 is 1.62 bits per heavy atom. The lowest BCUT2D eigenvalue weighted by Gasteiger charge is -2.31. The molecule has 0 unspecified atom stereocenters. The molecule has 0 nitrogen and oxygen atoms in total. The van der Waals surface area contributed by atoms with Crippen LogP contribution in [0.25, 0.3) is 0 Å². The van der Waals surface area contributed by atoms with E-state index in [9.17, 15) is 0 Å². The first-order chi connectivity index (χ1) is 10.4. The van der Waals surface area contributed by atoms with Crippen molar-refractivity contribution in [2.45, 2.75) is 83.0 Å². The maximum absolute atomic E-state index is 2.39. The Labute approximate surface area is 131 Å². The van der Waals surface area contributed by atoms with E-state index in [2.05, 4.69) is 30.3 Å². The van der Waals surface area contributed by atoms with Crippen molar-refractivity contribution in [2.24, 2.45) is 11.8 Å². The third-order valence-electron chi connectivity index (χ3n) is 5.96. The molecule has 0 spiro atoms. The van der Waals surface area contributed by atoms with Crippen molar-refractivity contribution in [1.29, 1.82) is 0 Å². The summed E-state index contributed by atoms with van der Waals surface area (Å²) in [5, 5.41) is 0. The van der Waals surface area contributed by atoms with Crippen LogP contribution >= 0.6 is 0 Å². The molecular formula is C21H32. The van der Waals surface area contributed by atoms with Gasteiger partial charge in [0.15, 0.2) is 0 Å². The summed E-state index contributed by atoms with van der Waals surface area (Å²) in [6, 6.07) is 11.4. The van der Waals surface area contributed by atoms with Crippen LogP contribution in [0.3, 0.4) is 0 Å². The third kappa shape index (κ3) is 4.59. The van der Waals surface area contributed by atoms with Crippen molar-refractivity contribution in [3.8, 4) is 0 Å². The summed E-state index contributed by atoms with van der Waals surface area (Å²) >= 11 is 0. The van der Waals surface area contributed by atoms with Crippen LogP contribution in [-0.2, 0) is 0 Å². The molecule has 1 aromatic rings. The van der Waals surface area contributed by atoms with Crippen molar-refractivity contribution in [2.75, 3.05) is 0 Å². The van der Waals surface area contributed by atoms with Crippen LogP contribution in [-0.4, -0.2) is 0 Å². The second kappa shape index (κ2) is 8.01. The highest BCUT2D eigenvalue weighted by atomic mass is 14.3. The van der Waals surface area contributed by atoms with Gasteiger partial charge in [-0.05, 0) is 36.2 Å². The predicted molar refractivity (Wildman–Crippen MR) is 91.6 cm³/mol. The van der Waals surface area contributed by atoms with E-state index in [4.69, 9.17) is 0 Å². The van der Waals surface area contributed by atoms with Gasteiger partial charge in [0.2, 0.25) is 0 Å². The van der Waals surface area contributed by atoms with Crippen LogP contribution in [0.4, 0.5) is 0 Å². The van der Waals surface area contributed by atoms with Gasteiger partial charge in [-0.15, -0.1) is 0 Å². The zero-order chi connectivity index (χ0) is 14.3. The van der Waals surface area contributed by atoms with Gasteiger partial charge in [0, 0.05) is 0 Å². The Morgan fingerprint density at radius 2 is 1.14 bits per heavy atom. The molecule has 0 aromatic heterocycles. The lowest BCUT2D eigenvalue weighted by molar-refractivity contribution is 0.268. The van der Waals surface area contributed by atoms with E-state index < -0.39 is 0 Å². The van der Waals surface area contributed by atoms with E-state index in [-0.39, 0.29) is 0 Å². The third-order valence-corrected chi connectivity index (χ3v) is 5.96. The van der Waals surface area contributed by atoms with E-state index in [0.29, 0.717) is 0 Å². The number of hydrogen-bond donors (Lipinski definition) is 0. The minimum Gasteiger partial charge on any atom is -0.0622 e. The molecule has 2 saturated carbocycles. The first-order valence-corrected chi connectivity index (χ1v) is 9.47. The van der Waals surface area contributed by atoms with Gasteiger partial charge in [-0.3, -0.25) is 0 Å². The van der Waals surface area contributed by atoms with Gasteiger partial charge in [-0.25, -0.2) is 0 Å². The maximum atomic E-state index is 2.39. The monoisotopic (exact) mass is 284 g/mol. The summed E-state index contributed by atoms with van der Waals surface area (Å²) in [5.41, 5.74) is 1.62. The fourth-order valence-corrected chi connectivity index (χ4v) is 4.74. The van der Waals surface area contributed by atoms with Crippen LogP contribution in [0.2, 0.25) is 0 Å². The average Bonchev–Trinajstić information content (AvgIpc) is 2.57. The minimum atomic E-state index is 0.831. The summed E-state index contributed by atoms with van der Waals surface area (Å²) in [6.45, 7) is 0. The van der Waals surface area contributed by atoms with Crippen molar-refractivity contribution in [1.82, 2.24) is 0 Å². The highest BCUT2D eigenvalue weighted by Crippen LogP contribution is 2.39. The van der Waals surface area contributed by atoms with E-state index in [1.807, 2.05) is 0 Å². The molecule has 2 fully saturated rings. The maximum Gasteiger partial charge on any atom is -0.0157 e. The smallest absolute Gasteiger partial charge is 0.0157 e. The Morgan fingerprint density at radius 1 is 0.667 bits per heavy atom. The topological polar surface area (TPSA) is 0 Å². The van der Waals surface area contributed by atoms with Gasteiger partial charge in [0.05, 0.1) is 0 Å². The Balaban J connectivity index is 1.64. The van der Waals surface area contributed by atoms with Crippen LogP contribution in [0.5, 0.6) is 0 Å². The van der Waals surface area contributed by atoms with Crippen LogP contribution in [0, 0.1) is 11.8 Å². The molecule has 0 heteroatoms. The van der Waals surface area contributed by atoms with E-state index in [0.717, 1.165) is 17.8 Å². The van der Waals surface area contributed by atoms with Gasteiger partial charge < -0.3 is 0 Å². The number of benzene rings is 1. The minimum absolute atomic E-state index is 0.831. The highest BCUT2D eigenvalue weighted by molar-refractivity contribution is 5.19. The molecule has 0 bridgehead atoms. The largest absolute Gasteiger partial charge is 0.0622 e. The van der Waals surface area contributed by atoms with Crippen molar-refractivity contribution < 1.29 is 0 Å². The second-order valence-corrected chi connectivity index (χ2v) is 7.59. The van der Waals surface area contributed by atoms with Crippen molar-refractivity contribution >= 4 is 0 Å². The first kappa shape index (κ1) is 15.1. The number of hydrogen-bond acceptors (Lipinski definition) is 0. The van der Waals surface area contributed by atoms with Gasteiger partial charge in [0.25, 0.3) is 0 Å². The van der Waals surface area contributed by atoms with Gasteiger partial charge >= 0.3 is 0 Å². The molecule has 3 rings (SSSR count). The lowest BCUT2D eigenvalue weighted by atomic mass is 9.75. The van der Waals surface area contributed by atoms with Gasteiger partial charge in [0.1, 0.15) is 0 Å². The van der Waals surface area contributed by atoms with Crippen molar-refractivity contribution in [3.05, 3.63) is 35.9 Å². The van der Waals surface area contributed by atoms with Crippen LogP contribution < -0.4 is 0 Å². The SMILES string of the molecule is c1ccc(C(CC2CCCCC2)CC2CCCCC2)cc1. The lowest BCUT2D eigenvalue weighted by Crippen LogP contribution is -2.16. The zero-order valence-corrected chi connectivity index (χ0v) is 13.6. The molecule has 0 radical (unpaired) electrons. The normalized spacial score (nSPS) is 21.8. The standard InChI is InChI=1S/C21H32/c1-4-10-18(11-5-1)16-21(20-14-8-3-9-15-20)17-19-12-6-2-7-13-19/h3,8-9,14-15,18-19,21H,1-2,4-7,10-13,16-17H2. The molecule has 21 heavy (non-hydrogen) atoms. The zero-order valence-electron chi connectivity index (χ0n) is 13.6. The molecule has 2 aliphatic rings. The fourth-order valence-electron chi connectivity index (χ4n) is 4.74. The highest BCUT2D eigenvalue weighted by Gasteiger charge is 2.24. The number of rotatable bonds is 5. The molecule has 116 valence electrons. The summed E-state index contributed by atoms with van der Waals surface area (Å²) in [7, 11) is 0. The average molecular weight is 284 g/mol. The molecule has 1 aromatic carbocycles. The van der Waals surface area contributed by atoms with E-state index in [1.165, 1.54) is 77.0 Å². The molecule has 0 heterocycles. The van der Waals surface area contributed by atoms with Crippen LogP contribution in [0.15, 0.2) is 30.3 Å². The molecule has 0 saturated heterocycles. The van der Waals surface area contributed by atoms with E-state index in [1.54, 1.807) is 5.56 Å². The van der Waals surface area contributed by atoms with E-state index >= 15 is 0 Å². The molecular weight excluding hydrogens is 252 g/mol. The molecule has 0 amide bonds. The Bertz CT molecular complexity index is 362. The molecule has 0 atom stereocenters. The summed E-state index contributed by atoms with van der Waals surface area (Å²) < 4.78 is 0. The summed E-state index contributed by atoms with van der Waals surface area (Å²) in [4.78, 5) is 0. The van der Waals surface area contributed by atoms with Crippen LogP contribution in [0.1, 0.15) is 88.5 Å². The van der Waals surface area contributed by atoms with Gasteiger partial charge in [-0.1, -0.05) is 94.5 Å². The molecule has 0 N–H and O–H groups in total. The predicted octanol–water partition coefficient (Wildman–Crippen LogP) is 6.71. The summed E-state index contributed by atoms with van der Waals surface area (Å²) in [6.07, 6.45) is 17.8. The second-order valence-electron chi connectivity index (χ2n) is 7.59. The summed E-state index contributed by atoms with van der Waals surface area (Å²) in [5.74, 6) is 2.84. The quantitative estimate of drug-likeness (QED) is 0.563. The first-order valence-electron chi connectivity index (χ1n) is 9.47. The molecule has 0 aliphatic heterocycles. The van der Waals surface area contributed by atoms with Gasteiger partial charge in [-0.2, -0.15) is 0 Å². The Hall–Kier alpha value is -0.780. The molecule has 2 aliphatic carbocycles. The van der Waals surface area contributed by atoms with Crippen molar-refractivity contribution in [3.63, 3.8) is 0 Å². The Kier molecular flexibility index (Phi) is 5.77.